The third kappa shape index (κ3) is 2.42. The Bertz CT molecular complexity index is 387. The molecule has 4 nitrogen and oxygen atoms in total. The molecule has 1 aromatic heterocycles. The summed E-state index contributed by atoms with van der Waals surface area (Å²) < 4.78 is 22.9. The van der Waals surface area contributed by atoms with E-state index in [2.05, 4.69) is 4.98 Å². The van der Waals surface area contributed by atoms with Gasteiger partial charge in [-0.2, -0.15) is 0 Å². The van der Waals surface area contributed by atoms with Crippen molar-refractivity contribution >= 4 is 15.5 Å². The lowest BCUT2D eigenvalue weighted by atomic mass is 10.4. The molecule has 0 bridgehead atoms. The first-order valence-electron chi connectivity index (χ1n) is 4.00. The summed E-state index contributed by atoms with van der Waals surface area (Å²) in [6.45, 7) is 1.81. The summed E-state index contributed by atoms with van der Waals surface area (Å²) in [5, 5.41) is 0.0642. The van der Waals surface area contributed by atoms with Gasteiger partial charge in [0, 0.05) is 11.9 Å². The highest BCUT2D eigenvalue weighted by atomic mass is 32.2. The second-order valence-electron chi connectivity index (χ2n) is 2.75. The molecule has 0 radical (unpaired) electrons. The van der Waals surface area contributed by atoms with Gasteiger partial charge in [-0.1, -0.05) is 6.92 Å². The van der Waals surface area contributed by atoms with E-state index in [1.807, 2.05) is 6.92 Å². The van der Waals surface area contributed by atoms with Crippen molar-refractivity contribution in [3.05, 3.63) is 18.3 Å². The lowest BCUT2D eigenvalue weighted by molar-refractivity contribution is 0.591. The fourth-order valence-corrected chi connectivity index (χ4v) is 2.25. The lowest BCUT2D eigenvalue weighted by Crippen LogP contribution is -2.08. The maximum atomic E-state index is 11.5. The van der Waals surface area contributed by atoms with Gasteiger partial charge in [0.15, 0.2) is 14.9 Å². The zero-order valence-corrected chi connectivity index (χ0v) is 8.21. The Hall–Kier alpha value is -1.10. The van der Waals surface area contributed by atoms with E-state index < -0.39 is 9.84 Å². The molecule has 0 aliphatic heterocycles. The largest absolute Gasteiger partial charge is 0.399 e. The Kier molecular flexibility index (Phi) is 2.87. The van der Waals surface area contributed by atoms with E-state index in [-0.39, 0.29) is 10.8 Å². The Morgan fingerprint density at radius 3 is 2.77 bits per heavy atom. The number of aromatic nitrogens is 1. The molecule has 0 fully saturated rings. The first-order chi connectivity index (χ1) is 6.06. The van der Waals surface area contributed by atoms with Crippen LogP contribution in [0.5, 0.6) is 0 Å². The molecule has 0 amide bonds. The van der Waals surface area contributed by atoms with E-state index in [0.717, 1.165) is 0 Å². The molecule has 5 heteroatoms. The third-order valence-corrected chi connectivity index (χ3v) is 3.36. The molecule has 0 atom stereocenters. The Morgan fingerprint density at radius 2 is 2.23 bits per heavy atom. The highest BCUT2D eigenvalue weighted by molar-refractivity contribution is 7.91. The molecule has 1 aromatic rings. The fraction of sp³-hybridized carbons (Fsp3) is 0.375. The molecular formula is C8H12N2O2S. The Morgan fingerprint density at radius 1 is 1.54 bits per heavy atom. The average Bonchev–Trinajstić information content (AvgIpc) is 2.04. The van der Waals surface area contributed by atoms with Gasteiger partial charge < -0.3 is 5.73 Å². The average molecular weight is 200 g/mol. The minimum Gasteiger partial charge on any atom is -0.399 e. The predicted molar refractivity (Wildman–Crippen MR) is 51.0 cm³/mol. The third-order valence-electron chi connectivity index (χ3n) is 1.55. The van der Waals surface area contributed by atoms with Crippen LogP contribution in [-0.2, 0) is 9.84 Å². The van der Waals surface area contributed by atoms with Crippen molar-refractivity contribution < 1.29 is 8.42 Å². The zero-order valence-electron chi connectivity index (χ0n) is 7.40. The number of pyridine rings is 1. The number of anilines is 1. The smallest absolute Gasteiger partial charge is 0.195 e. The van der Waals surface area contributed by atoms with Gasteiger partial charge in [-0.15, -0.1) is 0 Å². The molecule has 2 N–H and O–H groups in total. The predicted octanol–water partition coefficient (Wildman–Crippen LogP) is 0.848. The maximum absolute atomic E-state index is 11.5. The van der Waals surface area contributed by atoms with E-state index in [1.165, 1.54) is 12.3 Å². The van der Waals surface area contributed by atoms with Crippen LogP contribution in [0.15, 0.2) is 23.4 Å². The second kappa shape index (κ2) is 3.74. The summed E-state index contributed by atoms with van der Waals surface area (Å²) >= 11 is 0. The van der Waals surface area contributed by atoms with Crippen molar-refractivity contribution in [2.24, 2.45) is 0 Å². The van der Waals surface area contributed by atoms with Gasteiger partial charge in [-0.05, 0) is 18.6 Å². The lowest BCUT2D eigenvalue weighted by Gasteiger charge is -2.01. The quantitative estimate of drug-likeness (QED) is 0.785. The van der Waals surface area contributed by atoms with Crippen LogP contribution in [0.4, 0.5) is 5.69 Å². The normalized spacial score (nSPS) is 11.5. The summed E-state index contributed by atoms with van der Waals surface area (Å²) in [5.74, 6) is 0.115. The molecule has 1 rings (SSSR count). The molecule has 0 saturated carbocycles. The number of sulfone groups is 1. The van der Waals surface area contributed by atoms with Gasteiger partial charge in [-0.25, -0.2) is 13.4 Å². The number of nitrogens with two attached hydrogens (primary N) is 1. The summed E-state index contributed by atoms with van der Waals surface area (Å²) in [7, 11) is -3.22. The van der Waals surface area contributed by atoms with Gasteiger partial charge in [0.2, 0.25) is 0 Å². The van der Waals surface area contributed by atoms with Gasteiger partial charge >= 0.3 is 0 Å². The maximum Gasteiger partial charge on any atom is 0.195 e. The second-order valence-corrected chi connectivity index (χ2v) is 4.80. The van der Waals surface area contributed by atoms with E-state index in [0.29, 0.717) is 12.1 Å². The van der Waals surface area contributed by atoms with E-state index in [4.69, 9.17) is 5.73 Å². The summed E-state index contributed by atoms with van der Waals surface area (Å²) in [6.07, 6.45) is 1.98. The molecule has 0 aliphatic rings. The molecule has 0 aromatic carbocycles. The molecule has 0 saturated heterocycles. The zero-order chi connectivity index (χ0) is 9.90. The van der Waals surface area contributed by atoms with Crippen LogP contribution < -0.4 is 5.73 Å². The minimum absolute atomic E-state index is 0.0642. The van der Waals surface area contributed by atoms with Crippen LogP contribution in [0.25, 0.3) is 0 Å². The summed E-state index contributed by atoms with van der Waals surface area (Å²) in [4.78, 5) is 3.76. The van der Waals surface area contributed by atoms with Crippen LogP contribution in [0.3, 0.4) is 0 Å². The molecule has 1 heterocycles. The molecular weight excluding hydrogens is 188 g/mol. The Labute approximate surface area is 77.7 Å². The molecule has 0 aliphatic carbocycles. The first-order valence-corrected chi connectivity index (χ1v) is 5.66. The highest BCUT2D eigenvalue weighted by Gasteiger charge is 2.14. The molecule has 0 unspecified atom stereocenters. The molecule has 13 heavy (non-hydrogen) atoms. The van der Waals surface area contributed by atoms with Crippen molar-refractivity contribution in [3.8, 4) is 0 Å². The van der Waals surface area contributed by atoms with Gasteiger partial charge in [0.25, 0.3) is 0 Å². The van der Waals surface area contributed by atoms with Crippen molar-refractivity contribution in [3.63, 3.8) is 0 Å². The van der Waals surface area contributed by atoms with Crippen molar-refractivity contribution in [1.29, 1.82) is 0 Å². The van der Waals surface area contributed by atoms with Gasteiger partial charge in [0.1, 0.15) is 0 Å². The molecule has 0 spiro atoms. The molecule has 72 valence electrons. The minimum atomic E-state index is -3.22. The monoisotopic (exact) mass is 200 g/mol. The summed E-state index contributed by atoms with van der Waals surface area (Å²) in [5.41, 5.74) is 5.87. The topological polar surface area (TPSA) is 73.0 Å². The highest BCUT2D eigenvalue weighted by Crippen LogP contribution is 2.11. The van der Waals surface area contributed by atoms with Crippen LogP contribution in [0.1, 0.15) is 13.3 Å². The first kappa shape index (κ1) is 9.98. The van der Waals surface area contributed by atoms with Crippen LogP contribution in [-0.4, -0.2) is 19.2 Å². The Balaban J connectivity index is 3.08. The fourth-order valence-electron chi connectivity index (χ4n) is 0.968. The van der Waals surface area contributed by atoms with Crippen molar-refractivity contribution in [1.82, 2.24) is 4.98 Å². The van der Waals surface area contributed by atoms with E-state index >= 15 is 0 Å². The SMILES string of the molecule is CCCS(=O)(=O)c1cc(N)ccn1. The number of hydrogen-bond acceptors (Lipinski definition) is 4. The van der Waals surface area contributed by atoms with E-state index in [9.17, 15) is 8.42 Å². The standard InChI is InChI=1S/C8H12N2O2S/c1-2-5-13(11,12)8-6-7(9)3-4-10-8/h3-4,6H,2,5H2,1H3,(H2,9,10). The number of rotatable bonds is 3. The van der Waals surface area contributed by atoms with Crippen LogP contribution in [0.2, 0.25) is 0 Å². The van der Waals surface area contributed by atoms with Crippen LogP contribution in [0, 0.1) is 0 Å². The van der Waals surface area contributed by atoms with Crippen molar-refractivity contribution in [2.45, 2.75) is 18.4 Å². The van der Waals surface area contributed by atoms with Crippen LogP contribution >= 0.6 is 0 Å². The van der Waals surface area contributed by atoms with Gasteiger partial charge in [0.05, 0.1) is 5.75 Å². The van der Waals surface area contributed by atoms with E-state index in [1.54, 1.807) is 6.07 Å². The number of hydrogen-bond donors (Lipinski definition) is 1. The van der Waals surface area contributed by atoms with Crippen molar-refractivity contribution in [2.75, 3.05) is 11.5 Å². The number of nitrogens with zero attached hydrogens (tertiary/aromatic N) is 1. The number of nitrogen functional groups attached to an aromatic ring is 1. The summed E-state index contributed by atoms with van der Waals surface area (Å²) in [6, 6.07) is 2.94. The van der Waals surface area contributed by atoms with Gasteiger partial charge in [-0.3, -0.25) is 0 Å².